The molecule has 2 atom stereocenters. The second kappa shape index (κ2) is 8.49. The van der Waals surface area contributed by atoms with Gasteiger partial charge in [0.2, 0.25) is 0 Å². The van der Waals surface area contributed by atoms with Gasteiger partial charge < -0.3 is 15.5 Å². The zero-order valence-electron chi connectivity index (χ0n) is 15.8. The molecule has 138 valence electrons. The minimum atomic E-state index is 0.134. The summed E-state index contributed by atoms with van der Waals surface area (Å²) in [5.74, 6) is 1.54. The van der Waals surface area contributed by atoms with Crippen LogP contribution in [0.25, 0.3) is 0 Å². The molecule has 3 rings (SSSR count). The van der Waals surface area contributed by atoms with Crippen LogP contribution in [-0.4, -0.2) is 23.2 Å². The fourth-order valence-corrected chi connectivity index (χ4v) is 3.65. The Kier molecular flexibility index (Phi) is 6.09. The maximum Gasteiger partial charge on any atom is 0.172 e. The van der Waals surface area contributed by atoms with Crippen molar-refractivity contribution in [3.8, 4) is 0 Å². The molecule has 0 amide bonds. The quantitative estimate of drug-likeness (QED) is 0.767. The van der Waals surface area contributed by atoms with Crippen molar-refractivity contribution in [2.75, 3.05) is 23.3 Å². The van der Waals surface area contributed by atoms with E-state index in [1.165, 1.54) is 24.1 Å². The number of aryl methyl sites for hydroxylation is 1. The molecule has 0 radical (unpaired) electrons. The fraction of sp³-hybridized carbons (Fsp3) is 0.429. The first-order valence-electron chi connectivity index (χ1n) is 9.36. The monoisotopic (exact) mass is 368 g/mol. The number of thiocarbonyl (C=S) groups is 1. The van der Waals surface area contributed by atoms with Crippen LogP contribution in [0.15, 0.2) is 42.6 Å². The smallest absolute Gasteiger partial charge is 0.172 e. The minimum absolute atomic E-state index is 0.134. The molecule has 1 aromatic carbocycles. The predicted octanol–water partition coefficient (Wildman–Crippen LogP) is 4.67. The predicted molar refractivity (Wildman–Crippen MR) is 114 cm³/mol. The van der Waals surface area contributed by atoms with E-state index in [0.717, 1.165) is 30.4 Å². The standard InChI is InChI=1S/C21H28N4S/c1-15-6-11-20(22-13-15)24-21(26)23-17(3)18-7-9-19(10-8-18)25-12-4-5-16(2)14-25/h6-11,13,16-17H,4-5,12,14H2,1-3H3,(H2,22,23,24,26)/t16-,17+/m1/s1. The first-order chi connectivity index (χ1) is 12.5. The number of pyridine rings is 1. The number of hydrogen-bond donors (Lipinski definition) is 2. The van der Waals surface area contributed by atoms with Crippen LogP contribution in [-0.2, 0) is 0 Å². The number of hydrogen-bond acceptors (Lipinski definition) is 3. The molecule has 2 heterocycles. The van der Waals surface area contributed by atoms with E-state index in [2.05, 4.69) is 58.6 Å². The zero-order chi connectivity index (χ0) is 18.5. The minimum Gasteiger partial charge on any atom is -0.371 e. The fourth-order valence-electron chi connectivity index (χ4n) is 3.37. The highest BCUT2D eigenvalue weighted by Crippen LogP contribution is 2.24. The van der Waals surface area contributed by atoms with Crippen molar-refractivity contribution >= 4 is 28.8 Å². The maximum absolute atomic E-state index is 5.42. The Balaban J connectivity index is 1.56. The Morgan fingerprint density at radius 3 is 2.65 bits per heavy atom. The van der Waals surface area contributed by atoms with Gasteiger partial charge in [0.05, 0.1) is 6.04 Å². The van der Waals surface area contributed by atoms with Gasteiger partial charge in [-0.1, -0.05) is 25.1 Å². The van der Waals surface area contributed by atoms with E-state index in [0.29, 0.717) is 5.11 Å². The number of anilines is 2. The number of piperidine rings is 1. The zero-order valence-corrected chi connectivity index (χ0v) is 16.6. The molecule has 0 saturated carbocycles. The van der Waals surface area contributed by atoms with Gasteiger partial charge in [-0.3, -0.25) is 0 Å². The van der Waals surface area contributed by atoms with Crippen molar-refractivity contribution in [1.82, 2.24) is 10.3 Å². The van der Waals surface area contributed by atoms with Crippen LogP contribution in [0.3, 0.4) is 0 Å². The van der Waals surface area contributed by atoms with E-state index in [1.807, 2.05) is 25.3 Å². The van der Waals surface area contributed by atoms with Crippen LogP contribution in [0.2, 0.25) is 0 Å². The molecule has 0 aliphatic carbocycles. The summed E-state index contributed by atoms with van der Waals surface area (Å²) in [6.07, 6.45) is 4.46. The molecular formula is C21H28N4S. The van der Waals surface area contributed by atoms with E-state index in [4.69, 9.17) is 12.2 Å². The normalized spacial score (nSPS) is 18.3. The molecule has 0 unspecified atom stereocenters. The van der Waals surface area contributed by atoms with Gasteiger partial charge in [-0.25, -0.2) is 4.98 Å². The van der Waals surface area contributed by atoms with Gasteiger partial charge in [0, 0.05) is 25.0 Å². The molecule has 0 bridgehead atoms. The highest BCUT2D eigenvalue weighted by Gasteiger charge is 2.17. The topological polar surface area (TPSA) is 40.2 Å². The third kappa shape index (κ3) is 4.94. The lowest BCUT2D eigenvalue weighted by Gasteiger charge is -2.33. The van der Waals surface area contributed by atoms with Crippen molar-refractivity contribution in [2.24, 2.45) is 5.92 Å². The largest absolute Gasteiger partial charge is 0.371 e. The van der Waals surface area contributed by atoms with Crippen LogP contribution >= 0.6 is 12.2 Å². The van der Waals surface area contributed by atoms with Crippen LogP contribution in [0, 0.1) is 12.8 Å². The Morgan fingerprint density at radius 1 is 1.23 bits per heavy atom. The van der Waals surface area contributed by atoms with E-state index < -0.39 is 0 Å². The summed E-state index contributed by atoms with van der Waals surface area (Å²) in [6, 6.07) is 12.9. The molecule has 26 heavy (non-hydrogen) atoms. The Bertz CT molecular complexity index is 727. The highest BCUT2D eigenvalue weighted by molar-refractivity contribution is 7.80. The van der Waals surface area contributed by atoms with Crippen molar-refractivity contribution in [2.45, 2.75) is 39.7 Å². The SMILES string of the molecule is Cc1ccc(NC(=S)N[C@@H](C)c2ccc(N3CCC[C@@H](C)C3)cc2)nc1. The average Bonchev–Trinajstić information content (AvgIpc) is 2.64. The van der Waals surface area contributed by atoms with Crippen LogP contribution < -0.4 is 15.5 Å². The molecule has 1 fully saturated rings. The van der Waals surface area contributed by atoms with Crippen LogP contribution in [0.1, 0.15) is 43.9 Å². The third-order valence-electron chi connectivity index (χ3n) is 4.92. The molecule has 1 aliphatic heterocycles. The van der Waals surface area contributed by atoms with E-state index in [-0.39, 0.29) is 6.04 Å². The summed E-state index contributed by atoms with van der Waals surface area (Å²) in [5.41, 5.74) is 3.67. The van der Waals surface area contributed by atoms with Crippen molar-refractivity contribution in [3.63, 3.8) is 0 Å². The Morgan fingerprint density at radius 2 is 2.00 bits per heavy atom. The van der Waals surface area contributed by atoms with Crippen LogP contribution in [0.5, 0.6) is 0 Å². The lowest BCUT2D eigenvalue weighted by Crippen LogP contribution is -2.34. The summed E-state index contributed by atoms with van der Waals surface area (Å²) in [5, 5.41) is 7.06. The van der Waals surface area contributed by atoms with E-state index in [1.54, 1.807) is 0 Å². The number of rotatable bonds is 4. The Labute approximate surface area is 162 Å². The summed E-state index contributed by atoms with van der Waals surface area (Å²) < 4.78 is 0. The first kappa shape index (κ1) is 18.6. The molecule has 0 spiro atoms. The van der Waals surface area contributed by atoms with Gasteiger partial charge in [0.15, 0.2) is 5.11 Å². The van der Waals surface area contributed by atoms with Gasteiger partial charge in [0.1, 0.15) is 5.82 Å². The second-order valence-electron chi connectivity index (χ2n) is 7.33. The molecule has 2 N–H and O–H groups in total. The molecule has 1 aromatic heterocycles. The lowest BCUT2D eigenvalue weighted by atomic mass is 9.99. The lowest BCUT2D eigenvalue weighted by molar-refractivity contribution is 0.447. The Hall–Kier alpha value is -2.14. The number of aromatic nitrogens is 1. The molecule has 5 heteroatoms. The third-order valence-corrected chi connectivity index (χ3v) is 5.14. The number of nitrogens with one attached hydrogen (secondary N) is 2. The molecule has 1 saturated heterocycles. The second-order valence-corrected chi connectivity index (χ2v) is 7.73. The summed E-state index contributed by atoms with van der Waals surface area (Å²) >= 11 is 5.42. The van der Waals surface area contributed by atoms with Gasteiger partial charge in [0.25, 0.3) is 0 Å². The number of nitrogens with zero attached hydrogens (tertiary/aromatic N) is 2. The number of benzene rings is 1. The summed E-state index contributed by atoms with van der Waals surface area (Å²) in [6.45, 7) is 8.79. The summed E-state index contributed by atoms with van der Waals surface area (Å²) in [7, 11) is 0. The molecule has 1 aliphatic rings. The molecular weight excluding hydrogens is 340 g/mol. The average molecular weight is 369 g/mol. The van der Waals surface area contributed by atoms with E-state index >= 15 is 0 Å². The maximum atomic E-state index is 5.42. The van der Waals surface area contributed by atoms with Crippen molar-refractivity contribution in [1.29, 1.82) is 0 Å². The van der Waals surface area contributed by atoms with E-state index in [9.17, 15) is 0 Å². The molecule has 2 aromatic rings. The van der Waals surface area contributed by atoms with Crippen molar-refractivity contribution < 1.29 is 0 Å². The van der Waals surface area contributed by atoms with Gasteiger partial charge in [-0.2, -0.15) is 0 Å². The van der Waals surface area contributed by atoms with Crippen molar-refractivity contribution in [3.05, 3.63) is 53.7 Å². The summed E-state index contributed by atoms with van der Waals surface area (Å²) in [4.78, 5) is 6.81. The molecule has 4 nitrogen and oxygen atoms in total. The van der Waals surface area contributed by atoms with Gasteiger partial charge >= 0.3 is 0 Å². The first-order valence-corrected chi connectivity index (χ1v) is 9.77. The van der Waals surface area contributed by atoms with Gasteiger partial charge in [-0.15, -0.1) is 0 Å². The van der Waals surface area contributed by atoms with Crippen LogP contribution in [0.4, 0.5) is 11.5 Å². The van der Waals surface area contributed by atoms with Gasteiger partial charge in [-0.05, 0) is 74.2 Å². The highest BCUT2D eigenvalue weighted by atomic mass is 32.1.